The van der Waals surface area contributed by atoms with Crippen molar-refractivity contribution in [3.05, 3.63) is 106 Å². The van der Waals surface area contributed by atoms with Crippen LogP contribution in [0.5, 0.6) is 0 Å². The van der Waals surface area contributed by atoms with Crippen LogP contribution in [0.25, 0.3) is 0 Å². The van der Waals surface area contributed by atoms with Crippen LogP contribution in [0, 0.1) is 13.8 Å². The molecule has 0 radical (unpaired) electrons. The van der Waals surface area contributed by atoms with Crippen molar-refractivity contribution in [3.8, 4) is 0 Å². The fourth-order valence-electron chi connectivity index (χ4n) is 5.72. The predicted molar refractivity (Wildman–Crippen MR) is 222 cm³/mol. The fraction of sp³-hybridized carbons (Fsp3) is 0.308. The lowest BCUT2D eigenvalue weighted by Crippen LogP contribution is -2.33. The number of benzene rings is 4. The molecule has 0 aliphatic carbocycles. The number of carbonyl (C=O) groups is 1. The molecule has 0 saturated carbocycles. The molecule has 4 aromatic carbocycles. The average Bonchev–Trinajstić information content (AvgIpc) is 3.82. The van der Waals surface area contributed by atoms with E-state index in [0.717, 1.165) is 41.8 Å². The van der Waals surface area contributed by atoms with Crippen LogP contribution in [0.2, 0.25) is 10.0 Å². The minimum atomic E-state index is -3.50. The van der Waals surface area contributed by atoms with Crippen LogP contribution >= 0.6 is 23.2 Å². The highest BCUT2D eigenvalue weighted by Gasteiger charge is 2.33. The number of aryl methyl sites for hydroxylation is 2. The second kappa shape index (κ2) is 23.3. The van der Waals surface area contributed by atoms with Crippen LogP contribution in [0.1, 0.15) is 50.7 Å². The maximum absolute atomic E-state index is 12.7. The Balaban J connectivity index is 0.000000314. The van der Waals surface area contributed by atoms with Gasteiger partial charge in [-0.15, -0.1) is 0 Å². The fourth-order valence-corrected chi connectivity index (χ4v) is 9.49. The van der Waals surface area contributed by atoms with Crippen molar-refractivity contribution in [2.75, 3.05) is 35.2 Å². The zero-order valence-corrected chi connectivity index (χ0v) is 35.4. The molecule has 2 heterocycles. The molecule has 6 rings (SSSR count). The van der Waals surface area contributed by atoms with E-state index >= 15 is 0 Å². The van der Waals surface area contributed by atoms with Crippen molar-refractivity contribution in [3.63, 3.8) is 0 Å². The van der Waals surface area contributed by atoms with E-state index in [1.54, 1.807) is 58.9 Å². The molecule has 15 nitrogen and oxygen atoms in total. The molecule has 19 heteroatoms. The summed E-state index contributed by atoms with van der Waals surface area (Å²) >= 11 is 11.8. The molecule has 2 fully saturated rings. The normalized spacial score (nSPS) is 16.2. The predicted octanol–water partition coefficient (Wildman–Crippen LogP) is 6.97. The molecular formula is C39H46Cl2N6O9S2. The lowest BCUT2D eigenvalue weighted by molar-refractivity contribution is -0.193. The van der Waals surface area contributed by atoms with Crippen molar-refractivity contribution in [2.45, 2.75) is 75.3 Å². The maximum Gasteiger partial charge on any atom is 0.373 e. The van der Waals surface area contributed by atoms with Gasteiger partial charge in [0.1, 0.15) is 0 Å². The topological polar surface area (TPSA) is 236 Å². The van der Waals surface area contributed by atoms with Gasteiger partial charge in [0.25, 0.3) is 0 Å². The number of amides is 2. The molecule has 2 aliphatic rings. The van der Waals surface area contributed by atoms with E-state index in [1.165, 1.54) is 16.4 Å². The number of rotatable bonds is 6. The highest BCUT2D eigenvalue weighted by Crippen LogP contribution is 2.28. The van der Waals surface area contributed by atoms with Gasteiger partial charge in [-0.3, -0.25) is 0 Å². The van der Waals surface area contributed by atoms with Gasteiger partial charge < -0.3 is 22.1 Å². The molecule has 4 aromatic rings. The number of carbonyl (C=O) groups excluding carboxylic acids is 5. The summed E-state index contributed by atoms with van der Waals surface area (Å²) in [6, 6.07) is 23.0. The van der Waals surface area contributed by atoms with Crippen LogP contribution in [-0.4, -0.2) is 69.0 Å². The Bertz CT molecular complexity index is 2260. The van der Waals surface area contributed by atoms with E-state index in [2.05, 4.69) is 10.6 Å². The van der Waals surface area contributed by atoms with Crippen LogP contribution < -0.4 is 22.1 Å². The SMILES string of the molecule is C[C@@H]1CCCN1S(=O)(=O)c1ccc(N)cc1.Cc1ccc(N)cc1Cl.Cc1ccc(NC(=O)Nc2ccc(S(=O)(=O)N3CCC[C@H]3C)cc2)cc1Cl.O=C=O.O=C=O. The number of urea groups is 1. The molecule has 2 atom stereocenters. The average molecular weight is 878 g/mol. The van der Waals surface area contributed by atoms with Gasteiger partial charge in [0.2, 0.25) is 20.0 Å². The third-order valence-electron chi connectivity index (χ3n) is 8.82. The molecule has 0 unspecified atom stereocenters. The number of nitrogens with one attached hydrogen (secondary N) is 2. The molecule has 58 heavy (non-hydrogen) atoms. The quantitative estimate of drug-likeness (QED) is 0.144. The number of nitrogen functional groups attached to an aromatic ring is 2. The molecule has 2 saturated heterocycles. The second-order valence-electron chi connectivity index (χ2n) is 13.0. The Kier molecular flexibility index (Phi) is 19.7. The summed E-state index contributed by atoms with van der Waals surface area (Å²) in [6.07, 6.45) is 4.13. The molecule has 6 N–H and O–H groups in total. The van der Waals surface area contributed by atoms with Gasteiger partial charge in [-0.2, -0.15) is 27.8 Å². The van der Waals surface area contributed by atoms with Crippen LogP contribution in [-0.2, 0) is 39.2 Å². The maximum atomic E-state index is 12.7. The van der Waals surface area contributed by atoms with Crippen LogP contribution in [0.4, 0.5) is 27.5 Å². The van der Waals surface area contributed by atoms with Crippen LogP contribution in [0.15, 0.2) is 94.7 Å². The van der Waals surface area contributed by atoms with E-state index in [4.69, 9.17) is 53.8 Å². The Morgan fingerprint density at radius 3 is 1.36 bits per heavy atom. The largest absolute Gasteiger partial charge is 0.399 e. The lowest BCUT2D eigenvalue weighted by atomic mass is 10.2. The molecule has 312 valence electrons. The first-order chi connectivity index (χ1) is 27.3. The number of nitrogens with two attached hydrogens (primary N) is 2. The highest BCUT2D eigenvalue weighted by molar-refractivity contribution is 7.89. The first-order valence-electron chi connectivity index (χ1n) is 17.7. The third kappa shape index (κ3) is 14.7. The minimum Gasteiger partial charge on any atom is -0.399 e. The summed E-state index contributed by atoms with van der Waals surface area (Å²) in [5.41, 5.74) is 15.3. The standard InChI is InChI=1S/C19H22ClN3O3S.C11H16N2O2S.C7H8ClN.2CO2/c1-13-5-6-16(12-18(13)20)22-19(24)21-15-7-9-17(10-8-15)27(25,26)23-11-3-4-14(23)2;1-9-3-2-8-13(9)16(14,15)11-6-4-10(12)5-7-11;1-5-2-3-6(9)4-7(5)8;2*2-1-3/h5-10,12,14H,3-4,11H2,1-2H3,(H2,21,22,24);4-7,9H,2-3,8,12H2,1H3;2-4H,9H2,1H3;;/t14-;9-;;;/m11.../s1. The number of sulfonamides is 2. The Morgan fingerprint density at radius 2 is 0.983 bits per heavy atom. The number of hydrogen-bond acceptors (Lipinski definition) is 11. The van der Waals surface area contributed by atoms with Crippen molar-refractivity contribution in [1.82, 2.24) is 8.61 Å². The van der Waals surface area contributed by atoms with E-state index < -0.39 is 26.1 Å². The van der Waals surface area contributed by atoms with E-state index in [0.29, 0.717) is 45.8 Å². The van der Waals surface area contributed by atoms with Gasteiger partial charge >= 0.3 is 18.3 Å². The summed E-state index contributed by atoms with van der Waals surface area (Å²) < 4.78 is 53.0. The molecule has 0 spiro atoms. The van der Waals surface area contributed by atoms with Crippen molar-refractivity contribution in [2.24, 2.45) is 0 Å². The minimum absolute atomic E-state index is 0.0138. The number of halogens is 2. The first kappa shape index (κ1) is 49.1. The van der Waals surface area contributed by atoms with Gasteiger partial charge in [-0.1, -0.05) is 35.3 Å². The molecule has 2 aliphatic heterocycles. The second-order valence-corrected chi connectivity index (χ2v) is 17.6. The number of nitrogens with zero attached hydrogens (tertiary/aromatic N) is 2. The van der Waals surface area contributed by atoms with Gasteiger partial charge in [-0.25, -0.2) is 21.6 Å². The molecule has 0 aromatic heterocycles. The van der Waals surface area contributed by atoms with Gasteiger partial charge in [0.05, 0.1) is 9.79 Å². The van der Waals surface area contributed by atoms with Crippen molar-refractivity contribution in [1.29, 1.82) is 0 Å². The van der Waals surface area contributed by atoms with Crippen molar-refractivity contribution >= 4 is 84.3 Å². The smallest absolute Gasteiger partial charge is 0.373 e. The summed E-state index contributed by atoms with van der Waals surface area (Å²) in [7, 11) is -6.83. The van der Waals surface area contributed by atoms with Crippen LogP contribution in [0.3, 0.4) is 0 Å². The first-order valence-corrected chi connectivity index (χ1v) is 21.3. The highest BCUT2D eigenvalue weighted by atomic mass is 35.5. The van der Waals surface area contributed by atoms with E-state index in [9.17, 15) is 21.6 Å². The van der Waals surface area contributed by atoms with Gasteiger partial charge in [0.15, 0.2) is 0 Å². The van der Waals surface area contributed by atoms with Gasteiger partial charge in [0, 0.05) is 58.0 Å². The Morgan fingerprint density at radius 1 is 0.621 bits per heavy atom. The molecule has 2 amide bonds. The van der Waals surface area contributed by atoms with Gasteiger partial charge in [-0.05, 0) is 137 Å². The lowest BCUT2D eigenvalue weighted by Gasteiger charge is -2.21. The molecular weight excluding hydrogens is 832 g/mol. The zero-order chi connectivity index (χ0) is 43.6. The monoisotopic (exact) mass is 876 g/mol. The third-order valence-corrected chi connectivity index (χ3v) is 13.7. The summed E-state index contributed by atoms with van der Waals surface area (Å²) in [4.78, 5) is 45.2. The summed E-state index contributed by atoms with van der Waals surface area (Å²) in [6.45, 7) is 8.86. The summed E-state index contributed by atoms with van der Waals surface area (Å²) in [5, 5.41) is 6.67. The Hall–Kier alpha value is -5.09. The van der Waals surface area contributed by atoms with E-state index in [-0.39, 0.29) is 29.3 Å². The van der Waals surface area contributed by atoms with E-state index in [1.807, 2.05) is 45.9 Å². The number of anilines is 4. The zero-order valence-electron chi connectivity index (χ0n) is 32.3. The van der Waals surface area contributed by atoms with Crippen molar-refractivity contribution < 1.29 is 40.8 Å². The summed E-state index contributed by atoms with van der Waals surface area (Å²) in [5.74, 6) is 0. The number of hydrogen-bond donors (Lipinski definition) is 4. The molecule has 0 bridgehead atoms. The Labute approximate surface area is 348 Å².